The van der Waals surface area contributed by atoms with E-state index in [1.807, 2.05) is 19.1 Å². The van der Waals surface area contributed by atoms with Crippen LogP contribution < -0.4 is 10.6 Å². The monoisotopic (exact) mass is 342 g/mol. The number of carboxylic acids is 1. The Hall–Kier alpha value is -1.56. The first-order chi connectivity index (χ1) is 9.34. The molecular weight excluding hydrogens is 324 g/mol. The van der Waals surface area contributed by atoms with E-state index in [1.54, 1.807) is 19.9 Å². The van der Waals surface area contributed by atoms with Gasteiger partial charge in [0.05, 0.1) is 5.69 Å². The summed E-state index contributed by atoms with van der Waals surface area (Å²) in [4.78, 5) is 23.3. The Kier molecular flexibility index (Phi) is 5.56. The molecule has 6 heteroatoms. The predicted octanol–water partition coefficient (Wildman–Crippen LogP) is 3.52. The molecule has 0 aliphatic rings. The zero-order valence-electron chi connectivity index (χ0n) is 11.8. The van der Waals surface area contributed by atoms with Crippen molar-refractivity contribution in [3.8, 4) is 0 Å². The molecule has 0 aromatic heterocycles. The van der Waals surface area contributed by atoms with Crippen molar-refractivity contribution in [2.75, 3.05) is 5.32 Å². The maximum absolute atomic E-state index is 12.0. The molecule has 0 fully saturated rings. The number of amides is 2. The van der Waals surface area contributed by atoms with E-state index in [2.05, 4.69) is 26.6 Å². The van der Waals surface area contributed by atoms with Crippen LogP contribution in [0.5, 0.6) is 0 Å². The minimum Gasteiger partial charge on any atom is -0.480 e. The van der Waals surface area contributed by atoms with Gasteiger partial charge in [-0.1, -0.05) is 19.9 Å². The summed E-state index contributed by atoms with van der Waals surface area (Å²) in [5.74, 6) is -1.03. The molecule has 0 radical (unpaired) electrons. The number of aliphatic carboxylic acids is 1. The quantitative estimate of drug-likeness (QED) is 0.765. The van der Waals surface area contributed by atoms with Crippen molar-refractivity contribution < 1.29 is 14.7 Å². The van der Waals surface area contributed by atoms with Crippen LogP contribution in [-0.4, -0.2) is 22.6 Å². The fourth-order valence-corrected chi connectivity index (χ4v) is 2.47. The molecule has 0 aliphatic carbocycles. The molecule has 0 saturated heterocycles. The highest BCUT2D eigenvalue weighted by Gasteiger charge is 2.36. The van der Waals surface area contributed by atoms with E-state index in [0.29, 0.717) is 18.5 Å². The Morgan fingerprint density at radius 3 is 2.35 bits per heavy atom. The summed E-state index contributed by atoms with van der Waals surface area (Å²) < 4.78 is 0.751. The zero-order chi connectivity index (χ0) is 15.3. The highest BCUT2D eigenvalue weighted by Crippen LogP contribution is 2.23. The van der Waals surface area contributed by atoms with Crippen LogP contribution >= 0.6 is 15.9 Å². The first-order valence-electron chi connectivity index (χ1n) is 6.43. The standard InChI is InChI=1S/C14H19BrN2O3/c1-4-14(5-2,12(18)19)17-13(20)16-11-7-6-9(3)8-10(11)15/h6-8H,4-5H2,1-3H3,(H,18,19)(H2,16,17,20). The number of carboxylic acid groups (broad SMARTS) is 1. The summed E-state index contributed by atoms with van der Waals surface area (Å²) in [6.45, 7) is 5.41. The first kappa shape index (κ1) is 16.5. The highest BCUT2D eigenvalue weighted by molar-refractivity contribution is 9.10. The lowest BCUT2D eigenvalue weighted by atomic mass is 9.93. The van der Waals surface area contributed by atoms with E-state index >= 15 is 0 Å². The van der Waals surface area contributed by atoms with Gasteiger partial charge in [0.25, 0.3) is 0 Å². The molecule has 3 N–H and O–H groups in total. The molecule has 110 valence electrons. The second-order valence-electron chi connectivity index (χ2n) is 4.66. The summed E-state index contributed by atoms with van der Waals surface area (Å²) in [6.07, 6.45) is 0.642. The van der Waals surface area contributed by atoms with Gasteiger partial charge in [-0.3, -0.25) is 0 Å². The van der Waals surface area contributed by atoms with E-state index in [1.165, 1.54) is 0 Å². The molecule has 0 spiro atoms. The predicted molar refractivity (Wildman–Crippen MR) is 82.0 cm³/mol. The lowest BCUT2D eigenvalue weighted by Gasteiger charge is -2.28. The van der Waals surface area contributed by atoms with Gasteiger partial charge in [0.1, 0.15) is 5.54 Å². The number of urea groups is 1. The Labute approximate surface area is 126 Å². The van der Waals surface area contributed by atoms with E-state index in [0.717, 1.165) is 10.0 Å². The lowest BCUT2D eigenvalue weighted by Crippen LogP contribution is -2.55. The maximum Gasteiger partial charge on any atom is 0.329 e. The second-order valence-corrected chi connectivity index (χ2v) is 5.51. The van der Waals surface area contributed by atoms with Crippen molar-refractivity contribution in [2.45, 2.75) is 39.2 Å². The first-order valence-corrected chi connectivity index (χ1v) is 7.22. The van der Waals surface area contributed by atoms with Gasteiger partial charge in [0.15, 0.2) is 0 Å². The Balaban J connectivity index is 2.83. The minimum atomic E-state index is -1.23. The second kappa shape index (κ2) is 6.74. The number of benzene rings is 1. The van der Waals surface area contributed by atoms with Crippen molar-refractivity contribution in [3.63, 3.8) is 0 Å². The average Bonchev–Trinajstić information content (AvgIpc) is 2.39. The molecular formula is C14H19BrN2O3. The minimum absolute atomic E-state index is 0.321. The molecule has 1 aromatic rings. The Bertz CT molecular complexity index is 513. The van der Waals surface area contributed by atoms with Crippen molar-refractivity contribution in [2.24, 2.45) is 0 Å². The summed E-state index contributed by atoms with van der Waals surface area (Å²) >= 11 is 3.36. The molecule has 0 unspecified atom stereocenters. The summed E-state index contributed by atoms with van der Waals surface area (Å²) in [7, 11) is 0. The fourth-order valence-electron chi connectivity index (χ4n) is 1.88. The van der Waals surface area contributed by atoms with Crippen LogP contribution in [0.25, 0.3) is 0 Å². The van der Waals surface area contributed by atoms with Crippen LogP contribution in [0.4, 0.5) is 10.5 Å². The smallest absolute Gasteiger partial charge is 0.329 e. The Morgan fingerprint density at radius 1 is 1.30 bits per heavy atom. The van der Waals surface area contributed by atoms with Crippen molar-refractivity contribution in [1.29, 1.82) is 0 Å². The van der Waals surface area contributed by atoms with E-state index in [-0.39, 0.29) is 0 Å². The average molecular weight is 343 g/mol. The summed E-state index contributed by atoms with van der Waals surface area (Å²) in [5.41, 5.74) is 0.422. The lowest BCUT2D eigenvalue weighted by molar-refractivity contribution is -0.144. The third kappa shape index (κ3) is 3.72. The summed E-state index contributed by atoms with van der Waals surface area (Å²) in [6, 6.07) is 4.98. The van der Waals surface area contributed by atoms with Crippen molar-refractivity contribution in [3.05, 3.63) is 28.2 Å². The maximum atomic E-state index is 12.0. The number of rotatable bonds is 5. The molecule has 5 nitrogen and oxygen atoms in total. The number of hydrogen-bond acceptors (Lipinski definition) is 2. The molecule has 0 saturated carbocycles. The van der Waals surface area contributed by atoms with E-state index in [9.17, 15) is 14.7 Å². The van der Waals surface area contributed by atoms with Crippen LogP contribution in [0.3, 0.4) is 0 Å². The molecule has 0 bridgehead atoms. The normalized spacial score (nSPS) is 11.0. The zero-order valence-corrected chi connectivity index (χ0v) is 13.4. The highest BCUT2D eigenvalue weighted by atomic mass is 79.9. The number of anilines is 1. The van der Waals surface area contributed by atoms with Crippen LogP contribution in [-0.2, 0) is 4.79 Å². The molecule has 1 aromatic carbocycles. The number of hydrogen-bond donors (Lipinski definition) is 3. The van der Waals surface area contributed by atoms with E-state index in [4.69, 9.17) is 0 Å². The van der Waals surface area contributed by atoms with Gasteiger partial charge >= 0.3 is 12.0 Å². The number of carbonyl (C=O) groups is 2. The number of halogens is 1. The fraction of sp³-hybridized carbons (Fsp3) is 0.429. The van der Waals surface area contributed by atoms with Crippen LogP contribution in [0.15, 0.2) is 22.7 Å². The molecule has 2 amide bonds. The molecule has 0 atom stereocenters. The third-order valence-corrected chi connectivity index (χ3v) is 4.00. The van der Waals surface area contributed by atoms with E-state index < -0.39 is 17.5 Å². The van der Waals surface area contributed by atoms with Crippen molar-refractivity contribution in [1.82, 2.24) is 5.32 Å². The largest absolute Gasteiger partial charge is 0.480 e. The molecule has 0 heterocycles. The third-order valence-electron chi connectivity index (χ3n) is 3.34. The molecule has 20 heavy (non-hydrogen) atoms. The van der Waals surface area contributed by atoms with Gasteiger partial charge < -0.3 is 15.7 Å². The van der Waals surface area contributed by atoms with Crippen LogP contribution in [0.1, 0.15) is 32.3 Å². The van der Waals surface area contributed by atoms with Gasteiger partial charge in [-0.15, -0.1) is 0 Å². The topological polar surface area (TPSA) is 78.4 Å². The summed E-state index contributed by atoms with van der Waals surface area (Å²) in [5, 5.41) is 14.5. The van der Waals surface area contributed by atoms with Crippen molar-refractivity contribution >= 4 is 33.6 Å². The number of carbonyl (C=O) groups excluding carboxylic acids is 1. The molecule has 0 aliphatic heterocycles. The molecule has 1 rings (SSSR count). The van der Waals surface area contributed by atoms with Crippen LogP contribution in [0, 0.1) is 6.92 Å². The SMILES string of the molecule is CCC(CC)(NC(=O)Nc1ccc(C)cc1Br)C(=O)O. The number of aryl methyl sites for hydroxylation is 1. The van der Waals surface area contributed by atoms with Gasteiger partial charge in [0, 0.05) is 4.47 Å². The number of nitrogens with one attached hydrogen (secondary N) is 2. The van der Waals surface area contributed by atoms with Gasteiger partial charge in [-0.25, -0.2) is 9.59 Å². The van der Waals surface area contributed by atoms with Crippen LogP contribution in [0.2, 0.25) is 0 Å². The van der Waals surface area contributed by atoms with Gasteiger partial charge in [-0.05, 0) is 53.4 Å². The Morgan fingerprint density at radius 2 is 1.90 bits per heavy atom. The van der Waals surface area contributed by atoms with Gasteiger partial charge in [-0.2, -0.15) is 0 Å². The van der Waals surface area contributed by atoms with Gasteiger partial charge in [0.2, 0.25) is 0 Å².